The molecule has 166 valence electrons. The predicted octanol–water partition coefficient (Wildman–Crippen LogP) is 4.62. The molecular weight excluding hydrogens is 426 g/mol. The number of aryl methyl sites for hydroxylation is 1. The molecule has 0 fully saturated rings. The molecule has 0 radical (unpaired) electrons. The first-order valence-electron chi connectivity index (χ1n) is 10.3. The molecular formula is C24H25N3O4S. The fraction of sp³-hybridized carbons (Fsp3) is 0.292. The summed E-state index contributed by atoms with van der Waals surface area (Å²) in [6.07, 6.45) is 0. The zero-order valence-corrected chi connectivity index (χ0v) is 19.5. The van der Waals surface area contributed by atoms with Crippen molar-refractivity contribution in [3.8, 4) is 11.4 Å². The van der Waals surface area contributed by atoms with Crippen molar-refractivity contribution in [1.29, 1.82) is 0 Å². The third kappa shape index (κ3) is 3.75. The van der Waals surface area contributed by atoms with Crippen molar-refractivity contribution < 1.29 is 14.3 Å². The second-order valence-corrected chi connectivity index (χ2v) is 9.53. The molecule has 0 saturated carbocycles. The molecule has 8 heteroatoms. The average Bonchev–Trinajstić information content (AvgIpc) is 3.13. The van der Waals surface area contributed by atoms with Crippen LogP contribution in [0.2, 0.25) is 0 Å². The summed E-state index contributed by atoms with van der Waals surface area (Å²) in [7, 11) is 1.56. The van der Waals surface area contributed by atoms with Crippen molar-refractivity contribution in [3.05, 3.63) is 58.4 Å². The Kier molecular flexibility index (Phi) is 5.73. The van der Waals surface area contributed by atoms with Crippen molar-refractivity contribution in [2.75, 3.05) is 13.7 Å². The largest absolute Gasteiger partial charge is 0.495 e. The minimum absolute atomic E-state index is 0.266. The first-order chi connectivity index (χ1) is 15.3. The highest BCUT2D eigenvalue weighted by Crippen LogP contribution is 2.36. The van der Waals surface area contributed by atoms with Gasteiger partial charge in [-0.1, -0.05) is 36.0 Å². The Morgan fingerprint density at radius 2 is 1.97 bits per heavy atom. The topological polar surface area (TPSA) is 86.2 Å². The minimum Gasteiger partial charge on any atom is -0.495 e. The second-order valence-electron chi connectivity index (χ2n) is 7.94. The summed E-state index contributed by atoms with van der Waals surface area (Å²) >= 11 is 1.19. The number of hydrogen-bond acceptors (Lipinski definition) is 6. The number of H-pyrrole nitrogens is 1. The lowest BCUT2D eigenvalue weighted by molar-refractivity contribution is -0.145. The van der Waals surface area contributed by atoms with Crippen molar-refractivity contribution in [2.45, 2.75) is 37.6 Å². The number of aromatic amines is 1. The van der Waals surface area contributed by atoms with Gasteiger partial charge in [-0.15, -0.1) is 0 Å². The number of methoxy groups -OCH3 is 1. The number of nitrogens with one attached hydrogen (secondary N) is 1. The van der Waals surface area contributed by atoms with Gasteiger partial charge >= 0.3 is 5.97 Å². The molecule has 2 heterocycles. The summed E-state index contributed by atoms with van der Waals surface area (Å²) in [5, 5.41) is 1.23. The maximum atomic E-state index is 13.8. The molecule has 4 rings (SSSR count). The number of rotatable bonds is 6. The molecule has 2 aromatic heterocycles. The van der Waals surface area contributed by atoms with E-state index in [1.807, 2.05) is 49.4 Å². The maximum absolute atomic E-state index is 13.8. The van der Waals surface area contributed by atoms with Crippen molar-refractivity contribution in [3.63, 3.8) is 0 Å². The normalized spacial score (nSPS) is 11.8. The van der Waals surface area contributed by atoms with Crippen LogP contribution >= 0.6 is 11.8 Å². The van der Waals surface area contributed by atoms with Crippen LogP contribution in [0.5, 0.6) is 5.75 Å². The number of aromatic nitrogens is 3. The molecule has 0 bridgehead atoms. The highest BCUT2D eigenvalue weighted by atomic mass is 32.2. The van der Waals surface area contributed by atoms with Gasteiger partial charge in [0.25, 0.3) is 5.56 Å². The number of carbonyl (C=O) groups excluding carboxylic acids is 1. The lowest BCUT2D eigenvalue weighted by Gasteiger charge is -2.23. The Bertz CT molecular complexity index is 1390. The first kappa shape index (κ1) is 22.0. The van der Waals surface area contributed by atoms with Gasteiger partial charge in [-0.2, -0.15) is 0 Å². The van der Waals surface area contributed by atoms with Gasteiger partial charge in [-0.25, -0.2) is 9.55 Å². The predicted molar refractivity (Wildman–Crippen MR) is 127 cm³/mol. The Morgan fingerprint density at radius 1 is 1.22 bits per heavy atom. The Balaban J connectivity index is 2.05. The summed E-state index contributed by atoms with van der Waals surface area (Å²) < 4.78 is 11.4. The Labute approximate surface area is 189 Å². The molecule has 0 amide bonds. The van der Waals surface area contributed by atoms with Gasteiger partial charge < -0.3 is 14.5 Å². The quantitative estimate of drug-likeness (QED) is 0.262. The summed E-state index contributed by atoms with van der Waals surface area (Å²) in [5.41, 5.74) is 3.04. The minimum atomic E-state index is -0.964. The zero-order chi connectivity index (χ0) is 23.0. The number of para-hydroxylation sites is 1. The molecule has 32 heavy (non-hydrogen) atoms. The van der Waals surface area contributed by atoms with Crippen molar-refractivity contribution >= 4 is 39.7 Å². The molecule has 4 aromatic rings. The van der Waals surface area contributed by atoms with E-state index in [0.29, 0.717) is 27.6 Å². The van der Waals surface area contributed by atoms with Crippen LogP contribution in [0.3, 0.4) is 0 Å². The lowest BCUT2D eigenvalue weighted by atomic mass is 10.2. The Hall–Kier alpha value is -3.26. The molecule has 0 unspecified atom stereocenters. The summed E-state index contributed by atoms with van der Waals surface area (Å²) in [4.78, 5) is 34.5. The van der Waals surface area contributed by atoms with E-state index in [9.17, 15) is 9.59 Å². The maximum Gasteiger partial charge on any atom is 0.322 e. The monoisotopic (exact) mass is 451 g/mol. The number of fused-ring (bicyclic) bond motifs is 3. The number of esters is 1. The smallest absolute Gasteiger partial charge is 0.322 e. The number of carbonyl (C=O) groups is 1. The van der Waals surface area contributed by atoms with Gasteiger partial charge in [0.05, 0.1) is 19.4 Å². The van der Waals surface area contributed by atoms with Gasteiger partial charge in [-0.3, -0.25) is 9.59 Å². The van der Waals surface area contributed by atoms with Crippen LogP contribution in [0.25, 0.3) is 27.6 Å². The van der Waals surface area contributed by atoms with E-state index in [4.69, 9.17) is 14.5 Å². The van der Waals surface area contributed by atoms with Gasteiger partial charge in [0.1, 0.15) is 21.5 Å². The average molecular weight is 452 g/mol. The number of thioether (sulfide) groups is 1. The highest BCUT2D eigenvalue weighted by molar-refractivity contribution is 8.01. The van der Waals surface area contributed by atoms with Gasteiger partial charge in [-0.05, 0) is 51.5 Å². The SMILES string of the molecule is CCOC(=O)C(C)(C)Sc1nc2c([nH]c3ccccc32)c(=O)n1-c1cc(C)ccc1OC. The molecule has 0 aliphatic heterocycles. The van der Waals surface area contributed by atoms with Crippen molar-refractivity contribution in [1.82, 2.24) is 14.5 Å². The zero-order valence-electron chi connectivity index (χ0n) is 18.7. The Morgan fingerprint density at radius 3 is 2.69 bits per heavy atom. The second kappa shape index (κ2) is 8.35. The molecule has 0 spiro atoms. The van der Waals surface area contributed by atoms with Crippen molar-refractivity contribution in [2.24, 2.45) is 0 Å². The van der Waals surface area contributed by atoms with Gasteiger partial charge in [0.2, 0.25) is 0 Å². The van der Waals surface area contributed by atoms with Crippen LogP contribution in [-0.4, -0.2) is 39.0 Å². The van der Waals surface area contributed by atoms with E-state index in [-0.39, 0.29) is 18.1 Å². The van der Waals surface area contributed by atoms with E-state index in [2.05, 4.69) is 4.98 Å². The van der Waals surface area contributed by atoms with Gasteiger partial charge in [0, 0.05) is 10.9 Å². The van der Waals surface area contributed by atoms with Crippen LogP contribution in [0.15, 0.2) is 52.4 Å². The summed E-state index contributed by atoms with van der Waals surface area (Å²) in [5.74, 6) is 0.159. The first-order valence-corrected chi connectivity index (χ1v) is 11.1. The van der Waals surface area contributed by atoms with Crippen LogP contribution in [0.4, 0.5) is 0 Å². The molecule has 2 aromatic carbocycles. The molecule has 0 atom stereocenters. The van der Waals surface area contributed by atoms with E-state index in [0.717, 1.165) is 16.5 Å². The number of benzene rings is 2. The summed E-state index contributed by atoms with van der Waals surface area (Å²) in [6.45, 7) is 7.51. The molecule has 0 saturated heterocycles. The number of hydrogen-bond donors (Lipinski definition) is 1. The molecule has 0 aliphatic carbocycles. The standard InChI is InChI=1S/C24H25N3O4S/c1-6-31-22(29)24(3,4)32-23-26-19-15-9-7-8-10-16(15)25-20(19)21(28)27(23)17-13-14(2)11-12-18(17)30-5/h7-13,25H,6H2,1-5H3. The van der Waals surface area contributed by atoms with E-state index in [1.165, 1.54) is 16.3 Å². The van der Waals surface area contributed by atoms with Crippen LogP contribution in [-0.2, 0) is 9.53 Å². The van der Waals surface area contributed by atoms with E-state index >= 15 is 0 Å². The fourth-order valence-electron chi connectivity index (χ4n) is 3.57. The third-order valence-corrected chi connectivity index (χ3v) is 6.32. The summed E-state index contributed by atoms with van der Waals surface area (Å²) in [6, 6.07) is 13.2. The number of nitrogens with zero attached hydrogens (tertiary/aromatic N) is 2. The van der Waals surface area contributed by atoms with E-state index in [1.54, 1.807) is 27.9 Å². The fourth-order valence-corrected chi connectivity index (χ4v) is 4.58. The highest BCUT2D eigenvalue weighted by Gasteiger charge is 2.33. The van der Waals surface area contributed by atoms with Crippen LogP contribution in [0, 0.1) is 6.92 Å². The van der Waals surface area contributed by atoms with E-state index < -0.39 is 4.75 Å². The third-order valence-electron chi connectivity index (χ3n) is 5.18. The van der Waals surface area contributed by atoms with Gasteiger partial charge in [0.15, 0.2) is 5.16 Å². The molecule has 1 N–H and O–H groups in total. The van der Waals surface area contributed by atoms with Crippen LogP contribution < -0.4 is 10.3 Å². The number of ether oxygens (including phenoxy) is 2. The molecule has 0 aliphatic rings. The molecule has 7 nitrogen and oxygen atoms in total. The lowest BCUT2D eigenvalue weighted by Crippen LogP contribution is -2.32. The van der Waals surface area contributed by atoms with Crippen LogP contribution in [0.1, 0.15) is 26.3 Å².